The summed E-state index contributed by atoms with van der Waals surface area (Å²) in [6.07, 6.45) is 2.48. The number of rotatable bonds is 1. The molecule has 1 amide bonds. The van der Waals surface area contributed by atoms with Crippen LogP contribution in [0.25, 0.3) is 0 Å². The predicted octanol–water partition coefficient (Wildman–Crippen LogP) is 2.04. The minimum atomic E-state index is -1.61. The molecule has 1 aliphatic rings. The first-order valence-electron chi connectivity index (χ1n) is 4.54. The van der Waals surface area contributed by atoms with Gasteiger partial charge in [-0.05, 0) is 12.8 Å². The summed E-state index contributed by atoms with van der Waals surface area (Å²) < 4.78 is -1.61. The molecule has 3 nitrogen and oxygen atoms in total. The van der Waals surface area contributed by atoms with E-state index in [1.807, 2.05) is 0 Å². The minimum absolute atomic E-state index is 0.0266. The van der Waals surface area contributed by atoms with Gasteiger partial charge in [0, 0.05) is 13.0 Å². The van der Waals surface area contributed by atoms with E-state index in [9.17, 15) is 4.79 Å². The second-order valence-electron chi connectivity index (χ2n) is 3.38. The molecule has 0 aromatic heterocycles. The molecule has 1 saturated heterocycles. The molecule has 0 bridgehead atoms. The van der Waals surface area contributed by atoms with Crippen LogP contribution in [-0.2, 0) is 4.79 Å². The highest BCUT2D eigenvalue weighted by atomic mass is 35.6. The molecule has 1 heterocycles. The van der Waals surface area contributed by atoms with Crippen LogP contribution in [0.5, 0.6) is 0 Å². The lowest BCUT2D eigenvalue weighted by Crippen LogP contribution is -2.53. The second kappa shape index (κ2) is 4.88. The summed E-state index contributed by atoms with van der Waals surface area (Å²) in [5, 5.41) is 0. The van der Waals surface area contributed by atoms with E-state index in [-0.39, 0.29) is 5.91 Å². The number of amides is 1. The Labute approximate surface area is 98.5 Å². The van der Waals surface area contributed by atoms with E-state index in [4.69, 9.17) is 40.5 Å². The van der Waals surface area contributed by atoms with Crippen molar-refractivity contribution in [2.24, 2.45) is 5.73 Å². The van der Waals surface area contributed by atoms with Crippen molar-refractivity contribution >= 4 is 40.7 Å². The van der Waals surface area contributed by atoms with Crippen LogP contribution in [0.1, 0.15) is 25.7 Å². The van der Waals surface area contributed by atoms with Gasteiger partial charge in [-0.15, -0.1) is 0 Å². The number of nitrogens with zero attached hydrogens (tertiary/aromatic N) is 1. The number of alkyl halides is 3. The van der Waals surface area contributed by atoms with E-state index >= 15 is 0 Å². The Balaban J connectivity index is 2.68. The van der Waals surface area contributed by atoms with Crippen LogP contribution in [0.15, 0.2) is 0 Å². The fraction of sp³-hybridized carbons (Fsp3) is 0.875. The fourth-order valence-corrected chi connectivity index (χ4v) is 1.83. The molecule has 1 aliphatic heterocycles. The Kier molecular flexibility index (Phi) is 4.31. The Morgan fingerprint density at radius 1 is 1.29 bits per heavy atom. The molecule has 2 N–H and O–H groups in total. The highest BCUT2D eigenvalue weighted by Crippen LogP contribution is 2.31. The summed E-state index contributed by atoms with van der Waals surface area (Å²) in [5.41, 5.74) is 5.69. The zero-order chi connectivity index (χ0) is 10.8. The second-order valence-corrected chi connectivity index (χ2v) is 5.75. The third-order valence-electron chi connectivity index (χ3n) is 2.28. The highest BCUT2D eigenvalue weighted by molar-refractivity contribution is 6.68. The average molecular weight is 260 g/mol. The number of hydrogen-bond donors (Lipinski definition) is 1. The first-order chi connectivity index (χ1) is 6.43. The summed E-state index contributed by atoms with van der Waals surface area (Å²) >= 11 is 16.9. The van der Waals surface area contributed by atoms with Crippen molar-refractivity contribution in [1.82, 2.24) is 4.90 Å². The highest BCUT2D eigenvalue weighted by Gasteiger charge is 2.36. The number of halogens is 3. The summed E-state index contributed by atoms with van der Waals surface area (Å²) in [6, 6.07) is 0. The molecule has 0 saturated carbocycles. The molecule has 0 aromatic carbocycles. The maximum Gasteiger partial charge on any atom is 0.223 e. The number of carbonyl (C=O) groups excluding carboxylic acids is 1. The van der Waals surface area contributed by atoms with Gasteiger partial charge in [-0.25, -0.2) is 0 Å². The van der Waals surface area contributed by atoms with Crippen molar-refractivity contribution < 1.29 is 4.79 Å². The first-order valence-corrected chi connectivity index (χ1v) is 5.68. The molecular formula is C8H13Cl3N2O. The van der Waals surface area contributed by atoms with E-state index in [2.05, 4.69) is 0 Å². The molecule has 14 heavy (non-hydrogen) atoms. The topological polar surface area (TPSA) is 46.3 Å². The maximum atomic E-state index is 11.6. The Morgan fingerprint density at radius 3 is 2.50 bits per heavy atom. The van der Waals surface area contributed by atoms with Gasteiger partial charge >= 0.3 is 0 Å². The molecule has 6 heteroatoms. The van der Waals surface area contributed by atoms with Gasteiger partial charge in [-0.3, -0.25) is 4.79 Å². The summed E-state index contributed by atoms with van der Waals surface area (Å²) in [4.78, 5) is 13.0. The molecule has 1 atom stereocenters. The van der Waals surface area contributed by atoms with Gasteiger partial charge in [0.25, 0.3) is 0 Å². The van der Waals surface area contributed by atoms with E-state index < -0.39 is 9.96 Å². The molecule has 0 spiro atoms. The van der Waals surface area contributed by atoms with Crippen LogP contribution >= 0.6 is 34.8 Å². The van der Waals surface area contributed by atoms with Crippen LogP contribution in [0.2, 0.25) is 0 Å². The average Bonchev–Trinajstić information content (AvgIpc) is 2.27. The van der Waals surface area contributed by atoms with Gasteiger partial charge in [-0.1, -0.05) is 41.2 Å². The van der Waals surface area contributed by atoms with E-state index in [0.717, 1.165) is 19.3 Å². The van der Waals surface area contributed by atoms with Crippen LogP contribution in [0.4, 0.5) is 0 Å². The quantitative estimate of drug-likeness (QED) is 0.733. The minimum Gasteiger partial charge on any atom is -0.323 e. The molecule has 0 aliphatic carbocycles. The van der Waals surface area contributed by atoms with Crippen molar-refractivity contribution in [3.05, 3.63) is 0 Å². The lowest BCUT2D eigenvalue weighted by Gasteiger charge is -2.32. The van der Waals surface area contributed by atoms with Crippen LogP contribution in [0.3, 0.4) is 0 Å². The number of likely N-dealkylation sites (tertiary alicyclic amines) is 1. The van der Waals surface area contributed by atoms with Gasteiger partial charge in [0.05, 0.1) is 0 Å². The fourth-order valence-electron chi connectivity index (χ4n) is 1.47. The van der Waals surface area contributed by atoms with Gasteiger partial charge in [0.15, 0.2) is 0 Å². The Hall–Kier alpha value is 0.300. The van der Waals surface area contributed by atoms with Gasteiger partial charge in [0.1, 0.15) is 6.17 Å². The standard InChI is InChI=1S/C8H13Cl3N2O/c9-8(10,11)7(12)13-5-3-1-2-4-6(13)14/h7H,1-5,12H2. The van der Waals surface area contributed by atoms with Crippen molar-refractivity contribution in [2.45, 2.75) is 35.6 Å². The monoisotopic (exact) mass is 258 g/mol. The SMILES string of the molecule is NC(N1CCCCCC1=O)C(Cl)(Cl)Cl. The lowest BCUT2D eigenvalue weighted by molar-refractivity contribution is -0.132. The van der Waals surface area contributed by atoms with E-state index in [0.29, 0.717) is 13.0 Å². The molecular weight excluding hydrogens is 246 g/mol. The molecule has 1 unspecified atom stereocenters. The zero-order valence-corrected chi connectivity index (χ0v) is 9.95. The van der Waals surface area contributed by atoms with Crippen molar-refractivity contribution in [3.8, 4) is 0 Å². The third kappa shape index (κ3) is 3.16. The summed E-state index contributed by atoms with van der Waals surface area (Å²) in [7, 11) is 0. The Bertz CT molecular complexity index is 217. The Morgan fingerprint density at radius 2 is 1.93 bits per heavy atom. The first kappa shape index (κ1) is 12.4. The maximum absolute atomic E-state index is 11.6. The molecule has 0 radical (unpaired) electrons. The molecule has 1 rings (SSSR count). The summed E-state index contributed by atoms with van der Waals surface area (Å²) in [6.45, 7) is 0.577. The van der Waals surface area contributed by atoms with Crippen molar-refractivity contribution in [2.75, 3.05) is 6.54 Å². The van der Waals surface area contributed by atoms with Gasteiger partial charge in [-0.2, -0.15) is 0 Å². The predicted molar refractivity (Wildman–Crippen MR) is 58.4 cm³/mol. The van der Waals surface area contributed by atoms with Crippen LogP contribution in [0, 0.1) is 0 Å². The van der Waals surface area contributed by atoms with Crippen molar-refractivity contribution in [3.63, 3.8) is 0 Å². The molecule has 82 valence electrons. The third-order valence-corrected chi connectivity index (χ3v) is 2.95. The van der Waals surface area contributed by atoms with Crippen molar-refractivity contribution in [1.29, 1.82) is 0 Å². The number of carbonyl (C=O) groups is 1. The zero-order valence-electron chi connectivity index (χ0n) is 7.68. The normalized spacial score (nSPS) is 22.0. The molecule has 1 fully saturated rings. The smallest absolute Gasteiger partial charge is 0.223 e. The largest absolute Gasteiger partial charge is 0.323 e. The van der Waals surface area contributed by atoms with Crippen LogP contribution < -0.4 is 5.73 Å². The van der Waals surface area contributed by atoms with E-state index in [1.54, 1.807) is 0 Å². The molecule has 0 aromatic rings. The lowest BCUT2D eigenvalue weighted by atomic mass is 10.2. The van der Waals surface area contributed by atoms with Gasteiger partial charge in [0.2, 0.25) is 9.70 Å². The van der Waals surface area contributed by atoms with Gasteiger partial charge < -0.3 is 10.6 Å². The number of nitrogens with two attached hydrogens (primary N) is 1. The summed E-state index contributed by atoms with van der Waals surface area (Å²) in [5.74, 6) is -0.0266. The van der Waals surface area contributed by atoms with E-state index in [1.165, 1.54) is 4.90 Å². The van der Waals surface area contributed by atoms with Crippen LogP contribution in [-0.4, -0.2) is 27.3 Å². The number of hydrogen-bond acceptors (Lipinski definition) is 2.